The van der Waals surface area contributed by atoms with Gasteiger partial charge in [-0.05, 0) is 43.4 Å². The van der Waals surface area contributed by atoms with Crippen molar-refractivity contribution in [3.63, 3.8) is 0 Å². The number of alkyl halides is 1. The van der Waals surface area contributed by atoms with Gasteiger partial charge in [-0.15, -0.1) is 0 Å². The number of aromatic amines is 1. The van der Waals surface area contributed by atoms with Crippen LogP contribution in [-0.2, 0) is 0 Å². The molecule has 0 bridgehead atoms. The minimum atomic E-state index is -1.05. The number of halogens is 2. The topological polar surface area (TPSA) is 87.0 Å². The molecular weight excluding hydrogens is 450 g/mol. The van der Waals surface area contributed by atoms with Crippen LogP contribution in [0.5, 0.6) is 0 Å². The van der Waals surface area contributed by atoms with Gasteiger partial charge in [0.25, 0.3) is 0 Å². The number of rotatable bonds is 6. The van der Waals surface area contributed by atoms with E-state index in [0.29, 0.717) is 41.3 Å². The van der Waals surface area contributed by atoms with Crippen molar-refractivity contribution in [1.82, 2.24) is 24.9 Å². The Labute approximate surface area is 200 Å². The fourth-order valence-corrected chi connectivity index (χ4v) is 4.63. The second-order valence-electron chi connectivity index (χ2n) is 9.27. The van der Waals surface area contributed by atoms with Crippen LogP contribution in [0.3, 0.4) is 0 Å². The third kappa shape index (κ3) is 3.83. The zero-order chi connectivity index (χ0) is 24.2. The molecule has 6 rings (SSSR count). The minimum absolute atomic E-state index is 0.173. The highest BCUT2D eigenvalue weighted by Crippen LogP contribution is 2.48. The van der Waals surface area contributed by atoms with Gasteiger partial charge in [0.1, 0.15) is 23.0 Å². The maximum Gasteiger partial charge on any atom is 0.231 e. The van der Waals surface area contributed by atoms with Crippen LogP contribution in [0.15, 0.2) is 43.0 Å². The quantitative estimate of drug-likeness (QED) is 0.375. The first-order valence-electron chi connectivity index (χ1n) is 11.5. The molecule has 0 aromatic carbocycles. The monoisotopic (exact) mass is 472 g/mol. The Morgan fingerprint density at radius 3 is 2.74 bits per heavy atom. The number of aromatic nitrogens is 5. The lowest BCUT2D eigenvalue weighted by Crippen LogP contribution is -2.60. The Bertz CT molecular complexity index is 1450. The number of pyridine rings is 2. The van der Waals surface area contributed by atoms with Gasteiger partial charge in [0.15, 0.2) is 0 Å². The molecule has 4 aromatic heterocycles. The number of nitrogens with one attached hydrogen (secondary N) is 2. The fourth-order valence-electron chi connectivity index (χ4n) is 4.63. The largest absolute Gasteiger partial charge is 0.350 e. The highest BCUT2D eigenvalue weighted by Gasteiger charge is 2.54. The summed E-state index contributed by atoms with van der Waals surface area (Å²) < 4.78 is 28.4. The predicted molar refractivity (Wildman–Crippen MR) is 128 cm³/mol. The van der Waals surface area contributed by atoms with Crippen LogP contribution in [0, 0.1) is 18.3 Å². The van der Waals surface area contributed by atoms with Crippen LogP contribution < -0.4 is 10.2 Å². The number of anilines is 2. The summed E-state index contributed by atoms with van der Waals surface area (Å²) in [6.45, 7) is 10.3. The van der Waals surface area contributed by atoms with E-state index >= 15 is 0 Å². The molecule has 1 saturated carbocycles. The zero-order valence-corrected chi connectivity index (χ0v) is 19.0. The molecule has 1 aliphatic carbocycles. The molecule has 176 valence electrons. The van der Waals surface area contributed by atoms with Gasteiger partial charge < -0.3 is 15.2 Å². The number of hydrogen-bond donors (Lipinski definition) is 2. The molecule has 35 heavy (non-hydrogen) atoms. The summed E-state index contributed by atoms with van der Waals surface area (Å²) in [7, 11) is 0. The molecule has 0 radical (unpaired) electrons. The lowest BCUT2D eigenvalue weighted by molar-refractivity contribution is 0.0925. The van der Waals surface area contributed by atoms with Crippen molar-refractivity contribution in [3.05, 3.63) is 65.8 Å². The molecular formula is C25H22F2N8. The maximum atomic E-state index is 14.6. The van der Waals surface area contributed by atoms with Gasteiger partial charge in [0, 0.05) is 29.5 Å². The van der Waals surface area contributed by atoms with Gasteiger partial charge in [0.2, 0.25) is 11.6 Å². The average Bonchev–Trinajstić information content (AvgIpc) is 3.62. The lowest BCUT2D eigenvalue weighted by atomic mass is 9.91. The van der Waals surface area contributed by atoms with Crippen LogP contribution in [0.25, 0.3) is 27.1 Å². The van der Waals surface area contributed by atoms with E-state index in [-0.39, 0.29) is 17.6 Å². The van der Waals surface area contributed by atoms with E-state index in [4.69, 9.17) is 6.57 Å². The van der Waals surface area contributed by atoms with Crippen molar-refractivity contribution in [2.75, 3.05) is 23.3 Å². The smallest absolute Gasteiger partial charge is 0.231 e. The van der Waals surface area contributed by atoms with Crippen LogP contribution in [0.4, 0.5) is 26.2 Å². The Kier molecular flexibility index (Phi) is 4.88. The SMILES string of the molecule is [C-]#[N+]c1cnc(NC(C)c2ccc(N3CC(F)(C4CC4)C3)nc2)nc1-c1c[nH]c2ncc(F)cc12. The second-order valence-corrected chi connectivity index (χ2v) is 9.27. The van der Waals surface area contributed by atoms with Crippen molar-refractivity contribution < 1.29 is 8.78 Å². The number of hydrogen-bond acceptors (Lipinski definition) is 6. The molecule has 2 aliphatic rings. The first-order chi connectivity index (χ1) is 16.9. The van der Waals surface area contributed by atoms with E-state index in [2.05, 4.69) is 35.1 Å². The van der Waals surface area contributed by atoms with Crippen molar-refractivity contribution in [3.8, 4) is 11.3 Å². The highest BCUT2D eigenvalue weighted by atomic mass is 19.1. The summed E-state index contributed by atoms with van der Waals surface area (Å²) in [4.78, 5) is 25.9. The maximum absolute atomic E-state index is 14.6. The molecule has 8 nitrogen and oxygen atoms in total. The van der Waals surface area contributed by atoms with Crippen LogP contribution in [0.2, 0.25) is 0 Å². The van der Waals surface area contributed by atoms with E-state index in [1.54, 1.807) is 12.4 Å². The van der Waals surface area contributed by atoms with Crippen molar-refractivity contribution >= 4 is 28.5 Å². The Morgan fingerprint density at radius 2 is 2.03 bits per heavy atom. The Morgan fingerprint density at radius 1 is 1.20 bits per heavy atom. The molecule has 0 amide bonds. The summed E-state index contributed by atoms with van der Waals surface area (Å²) in [5.74, 6) is 0.857. The van der Waals surface area contributed by atoms with Crippen LogP contribution >= 0.6 is 0 Å². The number of fused-ring (bicyclic) bond motifs is 1. The summed E-state index contributed by atoms with van der Waals surface area (Å²) in [5.41, 5.74) is 1.60. The standard InChI is InChI=1S/C25H22F2N8/c1-14(15-3-6-21(29-8-15)35-12-25(27,13-35)16-4-5-16)33-24-32-11-20(28-2)22(34-24)19-10-31-23-18(19)7-17(26)9-30-23/h3,6-11,14,16H,4-5,12-13H2,1H3,(H,30,31)(H,32,33,34). The third-order valence-corrected chi connectivity index (χ3v) is 6.80. The fraction of sp³-hybridized carbons (Fsp3) is 0.320. The summed E-state index contributed by atoms with van der Waals surface area (Å²) in [6.07, 6.45) is 8.00. The van der Waals surface area contributed by atoms with Crippen LogP contribution in [-0.4, -0.2) is 43.7 Å². The molecule has 1 saturated heterocycles. The normalized spacial score (nSPS) is 17.6. The van der Waals surface area contributed by atoms with Crippen molar-refractivity contribution in [1.29, 1.82) is 0 Å². The van der Waals surface area contributed by atoms with Crippen molar-refractivity contribution in [2.45, 2.75) is 31.5 Å². The number of H-pyrrole nitrogens is 1. The minimum Gasteiger partial charge on any atom is -0.350 e. The van der Waals surface area contributed by atoms with Gasteiger partial charge in [-0.25, -0.2) is 33.6 Å². The molecule has 1 unspecified atom stereocenters. The Hall–Kier alpha value is -4.13. The highest BCUT2D eigenvalue weighted by molar-refractivity contribution is 5.96. The molecule has 10 heteroatoms. The van der Waals surface area contributed by atoms with Gasteiger partial charge in [-0.2, -0.15) is 0 Å². The third-order valence-electron chi connectivity index (χ3n) is 6.80. The van der Waals surface area contributed by atoms with E-state index in [0.717, 1.165) is 30.4 Å². The predicted octanol–water partition coefficient (Wildman–Crippen LogP) is 5.22. The first kappa shape index (κ1) is 21.4. The van der Waals surface area contributed by atoms with E-state index in [9.17, 15) is 8.78 Å². The molecule has 4 aromatic rings. The summed E-state index contributed by atoms with van der Waals surface area (Å²) in [5, 5.41) is 3.78. The summed E-state index contributed by atoms with van der Waals surface area (Å²) in [6, 6.07) is 5.05. The molecule has 1 atom stereocenters. The molecule has 5 heterocycles. The van der Waals surface area contributed by atoms with E-state index in [1.807, 2.05) is 24.0 Å². The average molecular weight is 473 g/mol. The molecule has 2 N–H and O–H groups in total. The van der Waals surface area contributed by atoms with Gasteiger partial charge >= 0.3 is 0 Å². The molecule has 0 spiro atoms. The van der Waals surface area contributed by atoms with Gasteiger partial charge in [0.05, 0.1) is 37.6 Å². The number of nitrogens with zero attached hydrogens (tertiary/aromatic N) is 6. The Balaban J connectivity index is 1.21. The molecule has 1 aliphatic heterocycles. The van der Waals surface area contributed by atoms with E-state index < -0.39 is 11.5 Å². The molecule has 2 fully saturated rings. The first-order valence-corrected chi connectivity index (χ1v) is 11.5. The van der Waals surface area contributed by atoms with Gasteiger partial charge in [-0.1, -0.05) is 6.07 Å². The van der Waals surface area contributed by atoms with Crippen molar-refractivity contribution in [2.24, 2.45) is 5.92 Å². The van der Waals surface area contributed by atoms with Crippen LogP contribution in [0.1, 0.15) is 31.4 Å². The second kappa shape index (κ2) is 7.98. The van der Waals surface area contributed by atoms with Gasteiger partial charge in [-0.3, -0.25) is 0 Å². The van der Waals surface area contributed by atoms with E-state index in [1.165, 1.54) is 12.3 Å². The summed E-state index contributed by atoms with van der Waals surface area (Å²) >= 11 is 0. The lowest BCUT2D eigenvalue weighted by Gasteiger charge is -2.45. The zero-order valence-electron chi connectivity index (χ0n) is 19.0.